The SMILES string of the molecule is CCN(C)C(=O)c1ccc(CSc2nc(C)cc(N(C)CCc3ccc(OC)c(OC)c3)n2)cc1. The summed E-state index contributed by atoms with van der Waals surface area (Å²) in [5.74, 6) is 3.13. The number of hydrogen-bond acceptors (Lipinski definition) is 7. The van der Waals surface area contributed by atoms with Crippen LogP contribution in [0.5, 0.6) is 11.5 Å². The standard InChI is InChI=1S/C27H34N4O3S/c1-7-30(3)26(32)22-11-8-21(9-12-22)18-35-27-28-19(2)16-25(29-27)31(4)15-14-20-10-13-23(33-5)24(17-20)34-6/h8-13,16-17H,7,14-15,18H2,1-6H3. The number of amides is 1. The lowest BCUT2D eigenvalue weighted by Crippen LogP contribution is -2.26. The van der Waals surface area contributed by atoms with Gasteiger partial charge in [0.15, 0.2) is 16.7 Å². The molecule has 8 heteroatoms. The predicted molar refractivity (Wildman–Crippen MR) is 142 cm³/mol. The molecule has 35 heavy (non-hydrogen) atoms. The first-order valence-corrected chi connectivity index (χ1v) is 12.6. The van der Waals surface area contributed by atoms with Crippen molar-refractivity contribution in [2.75, 3.05) is 46.3 Å². The Morgan fingerprint density at radius 3 is 2.29 bits per heavy atom. The van der Waals surface area contributed by atoms with E-state index in [2.05, 4.69) is 16.0 Å². The Morgan fingerprint density at radius 2 is 1.63 bits per heavy atom. The zero-order chi connectivity index (χ0) is 25.4. The molecule has 1 amide bonds. The minimum absolute atomic E-state index is 0.0366. The van der Waals surface area contributed by atoms with E-state index in [1.54, 1.807) is 30.9 Å². The molecule has 0 atom stereocenters. The molecule has 0 fully saturated rings. The molecule has 0 saturated heterocycles. The molecule has 0 spiro atoms. The molecule has 0 bridgehead atoms. The highest BCUT2D eigenvalue weighted by atomic mass is 32.2. The Balaban J connectivity index is 1.61. The Bertz CT molecular complexity index is 1140. The zero-order valence-electron chi connectivity index (χ0n) is 21.4. The van der Waals surface area contributed by atoms with Gasteiger partial charge in [0.05, 0.1) is 14.2 Å². The van der Waals surface area contributed by atoms with Crippen LogP contribution >= 0.6 is 11.8 Å². The van der Waals surface area contributed by atoms with Crippen molar-refractivity contribution in [1.29, 1.82) is 0 Å². The van der Waals surface area contributed by atoms with E-state index in [1.807, 2.05) is 70.4 Å². The van der Waals surface area contributed by atoms with Crippen LogP contribution in [0.15, 0.2) is 53.7 Å². The Hall–Kier alpha value is -3.26. The monoisotopic (exact) mass is 494 g/mol. The zero-order valence-corrected chi connectivity index (χ0v) is 22.2. The van der Waals surface area contributed by atoms with E-state index in [0.29, 0.717) is 12.1 Å². The molecule has 3 rings (SSSR count). The van der Waals surface area contributed by atoms with Crippen molar-refractivity contribution in [3.63, 3.8) is 0 Å². The Kier molecular flexibility index (Phi) is 9.37. The van der Waals surface area contributed by atoms with Crippen LogP contribution in [-0.4, -0.2) is 62.2 Å². The number of methoxy groups -OCH3 is 2. The summed E-state index contributed by atoms with van der Waals surface area (Å²) in [4.78, 5) is 25.5. The average molecular weight is 495 g/mol. The lowest BCUT2D eigenvalue weighted by Gasteiger charge is -2.19. The first-order chi connectivity index (χ1) is 16.8. The van der Waals surface area contributed by atoms with Gasteiger partial charge < -0.3 is 19.3 Å². The van der Waals surface area contributed by atoms with Gasteiger partial charge in [0.2, 0.25) is 0 Å². The molecule has 3 aromatic rings. The summed E-state index contributed by atoms with van der Waals surface area (Å²) >= 11 is 1.59. The summed E-state index contributed by atoms with van der Waals surface area (Å²) in [6, 6.07) is 15.8. The topological polar surface area (TPSA) is 67.8 Å². The fourth-order valence-electron chi connectivity index (χ4n) is 3.49. The molecule has 0 saturated carbocycles. The van der Waals surface area contributed by atoms with Crippen LogP contribution in [0.3, 0.4) is 0 Å². The quantitative estimate of drug-likeness (QED) is 0.278. The summed E-state index contributed by atoms with van der Waals surface area (Å²) < 4.78 is 10.7. The van der Waals surface area contributed by atoms with E-state index in [-0.39, 0.29) is 5.91 Å². The van der Waals surface area contributed by atoms with Crippen molar-refractivity contribution in [1.82, 2.24) is 14.9 Å². The van der Waals surface area contributed by atoms with E-state index in [0.717, 1.165) is 52.4 Å². The molecule has 0 aliphatic carbocycles. The third-order valence-corrected chi connectivity index (χ3v) is 6.70. The highest BCUT2D eigenvalue weighted by Crippen LogP contribution is 2.28. The fraction of sp³-hybridized carbons (Fsp3) is 0.370. The van der Waals surface area contributed by atoms with E-state index in [9.17, 15) is 4.79 Å². The molecule has 1 aromatic heterocycles. The highest BCUT2D eigenvalue weighted by Gasteiger charge is 2.12. The second-order valence-electron chi connectivity index (χ2n) is 8.32. The number of rotatable bonds is 11. The molecule has 0 aliphatic heterocycles. The molecule has 0 N–H and O–H groups in total. The van der Waals surface area contributed by atoms with E-state index in [1.165, 1.54) is 5.56 Å². The number of aryl methyl sites for hydroxylation is 1. The van der Waals surface area contributed by atoms with Crippen LogP contribution in [0.25, 0.3) is 0 Å². The third kappa shape index (κ3) is 7.11. The van der Waals surface area contributed by atoms with Gasteiger partial charge in [-0.2, -0.15) is 0 Å². The van der Waals surface area contributed by atoms with Crippen LogP contribution in [0, 0.1) is 6.92 Å². The van der Waals surface area contributed by atoms with Gasteiger partial charge in [0.1, 0.15) is 5.82 Å². The average Bonchev–Trinajstić information content (AvgIpc) is 2.89. The van der Waals surface area contributed by atoms with Gasteiger partial charge in [-0.1, -0.05) is 30.0 Å². The first kappa shape index (κ1) is 26.3. The Labute approximate surface area is 212 Å². The number of hydrogen-bond donors (Lipinski definition) is 0. The normalized spacial score (nSPS) is 10.7. The minimum Gasteiger partial charge on any atom is -0.493 e. The van der Waals surface area contributed by atoms with Crippen molar-refractivity contribution in [2.45, 2.75) is 31.2 Å². The van der Waals surface area contributed by atoms with Gasteiger partial charge >= 0.3 is 0 Å². The second-order valence-corrected chi connectivity index (χ2v) is 9.26. The highest BCUT2D eigenvalue weighted by molar-refractivity contribution is 7.98. The van der Waals surface area contributed by atoms with Crippen molar-refractivity contribution in [3.8, 4) is 11.5 Å². The van der Waals surface area contributed by atoms with Crippen molar-refractivity contribution >= 4 is 23.5 Å². The maximum absolute atomic E-state index is 12.3. The number of aromatic nitrogens is 2. The van der Waals surface area contributed by atoms with Crippen molar-refractivity contribution in [3.05, 3.63) is 70.9 Å². The smallest absolute Gasteiger partial charge is 0.253 e. The van der Waals surface area contributed by atoms with Crippen LogP contribution in [0.4, 0.5) is 5.82 Å². The molecule has 1 heterocycles. The molecule has 0 aliphatic rings. The molecule has 7 nitrogen and oxygen atoms in total. The van der Waals surface area contributed by atoms with Crippen molar-refractivity contribution < 1.29 is 14.3 Å². The van der Waals surface area contributed by atoms with Gasteiger partial charge in [0.25, 0.3) is 5.91 Å². The number of anilines is 1. The predicted octanol–water partition coefficient (Wildman–Crippen LogP) is 4.87. The molecular formula is C27H34N4O3S. The molecule has 0 unspecified atom stereocenters. The molecule has 2 aromatic carbocycles. The number of ether oxygens (including phenoxy) is 2. The van der Waals surface area contributed by atoms with Gasteiger partial charge in [-0.25, -0.2) is 9.97 Å². The van der Waals surface area contributed by atoms with E-state index >= 15 is 0 Å². The fourth-order valence-corrected chi connectivity index (χ4v) is 4.34. The maximum atomic E-state index is 12.3. The number of benzene rings is 2. The number of nitrogens with zero attached hydrogens (tertiary/aromatic N) is 4. The lowest BCUT2D eigenvalue weighted by molar-refractivity contribution is 0.0802. The van der Waals surface area contributed by atoms with E-state index in [4.69, 9.17) is 14.5 Å². The summed E-state index contributed by atoms with van der Waals surface area (Å²) in [5.41, 5.74) is 3.92. The van der Waals surface area contributed by atoms with Crippen LogP contribution in [-0.2, 0) is 12.2 Å². The summed E-state index contributed by atoms with van der Waals surface area (Å²) in [5, 5.41) is 0.740. The number of likely N-dealkylation sites (N-methyl/N-ethyl adjacent to an activating group) is 1. The Morgan fingerprint density at radius 1 is 0.943 bits per heavy atom. The van der Waals surface area contributed by atoms with Crippen LogP contribution in [0.2, 0.25) is 0 Å². The molecule has 186 valence electrons. The summed E-state index contributed by atoms with van der Waals surface area (Å²) in [6.07, 6.45) is 0.848. The number of thioether (sulfide) groups is 1. The first-order valence-electron chi connectivity index (χ1n) is 11.6. The number of carbonyl (C=O) groups excluding carboxylic acids is 1. The molecular weight excluding hydrogens is 460 g/mol. The van der Waals surface area contributed by atoms with E-state index < -0.39 is 0 Å². The number of carbonyl (C=O) groups is 1. The van der Waals surface area contributed by atoms with Gasteiger partial charge in [0, 0.05) is 50.3 Å². The maximum Gasteiger partial charge on any atom is 0.253 e. The third-order valence-electron chi connectivity index (χ3n) is 5.78. The van der Waals surface area contributed by atoms with Crippen LogP contribution < -0.4 is 14.4 Å². The summed E-state index contributed by atoms with van der Waals surface area (Å²) in [6.45, 7) is 5.44. The largest absolute Gasteiger partial charge is 0.493 e. The van der Waals surface area contributed by atoms with Gasteiger partial charge in [-0.05, 0) is 55.7 Å². The van der Waals surface area contributed by atoms with Crippen LogP contribution in [0.1, 0.15) is 34.1 Å². The summed E-state index contributed by atoms with van der Waals surface area (Å²) in [7, 11) is 7.14. The van der Waals surface area contributed by atoms with Gasteiger partial charge in [-0.3, -0.25) is 4.79 Å². The lowest BCUT2D eigenvalue weighted by atomic mass is 10.1. The minimum atomic E-state index is 0.0366. The van der Waals surface area contributed by atoms with Gasteiger partial charge in [-0.15, -0.1) is 0 Å². The second kappa shape index (κ2) is 12.4. The van der Waals surface area contributed by atoms with Crippen molar-refractivity contribution in [2.24, 2.45) is 0 Å². The molecule has 0 radical (unpaired) electrons.